The van der Waals surface area contributed by atoms with Crippen LogP contribution in [-0.2, 0) is 4.79 Å². The largest absolute Gasteiger partial charge is 0.481 e. The third-order valence-corrected chi connectivity index (χ3v) is 2.34. The van der Waals surface area contributed by atoms with Crippen molar-refractivity contribution in [2.75, 3.05) is 0 Å². The van der Waals surface area contributed by atoms with Gasteiger partial charge in [0.25, 0.3) is 0 Å². The summed E-state index contributed by atoms with van der Waals surface area (Å²) >= 11 is 0. The first kappa shape index (κ1) is 12.1. The summed E-state index contributed by atoms with van der Waals surface area (Å²) in [6, 6.07) is 2.26. The molecule has 0 aliphatic carbocycles. The molecule has 0 aliphatic heterocycles. The van der Waals surface area contributed by atoms with Crippen LogP contribution in [0.15, 0.2) is 18.3 Å². The fourth-order valence-corrected chi connectivity index (χ4v) is 1.51. The molecule has 0 fully saturated rings. The number of carboxylic acid groups (broad SMARTS) is 1. The van der Waals surface area contributed by atoms with Crippen molar-refractivity contribution >= 4 is 5.97 Å². The Morgan fingerprint density at radius 1 is 1.56 bits per heavy atom. The van der Waals surface area contributed by atoms with E-state index in [2.05, 4.69) is 20.5 Å². The van der Waals surface area contributed by atoms with E-state index in [0.717, 1.165) is 6.20 Å². The van der Waals surface area contributed by atoms with Crippen LogP contribution < -0.4 is 0 Å². The topological polar surface area (TPSA) is 93.8 Å². The number of tetrazole rings is 1. The van der Waals surface area contributed by atoms with Gasteiger partial charge in [0.05, 0.1) is 18.7 Å². The fourth-order valence-electron chi connectivity index (χ4n) is 1.51. The molecule has 18 heavy (non-hydrogen) atoms. The predicted octanol–water partition coefficient (Wildman–Crippen LogP) is 0.910. The van der Waals surface area contributed by atoms with Gasteiger partial charge in [0.15, 0.2) is 0 Å². The van der Waals surface area contributed by atoms with Crippen molar-refractivity contribution in [3.63, 3.8) is 0 Å². The average Bonchev–Trinajstić information content (AvgIpc) is 2.78. The van der Waals surface area contributed by atoms with Crippen molar-refractivity contribution in [2.24, 2.45) is 0 Å². The number of nitrogens with zero attached hydrogens (tertiary/aromatic N) is 5. The minimum atomic E-state index is -0.948. The van der Waals surface area contributed by atoms with Gasteiger partial charge in [0.1, 0.15) is 11.5 Å². The van der Waals surface area contributed by atoms with Crippen molar-refractivity contribution in [2.45, 2.75) is 19.4 Å². The third kappa shape index (κ3) is 2.47. The molecule has 1 atom stereocenters. The summed E-state index contributed by atoms with van der Waals surface area (Å²) in [5, 5.41) is 19.7. The van der Waals surface area contributed by atoms with Gasteiger partial charge in [0.2, 0.25) is 5.82 Å². The van der Waals surface area contributed by atoms with Crippen molar-refractivity contribution in [3.8, 4) is 11.5 Å². The molecule has 0 spiro atoms. The Labute approximate surface area is 101 Å². The maximum atomic E-state index is 12.8. The number of rotatable bonds is 4. The first-order valence-electron chi connectivity index (χ1n) is 5.19. The molecule has 0 saturated carbocycles. The maximum Gasteiger partial charge on any atom is 0.305 e. The van der Waals surface area contributed by atoms with E-state index in [1.165, 1.54) is 16.8 Å². The Morgan fingerprint density at radius 2 is 2.33 bits per heavy atom. The van der Waals surface area contributed by atoms with E-state index in [1.807, 2.05) is 0 Å². The molecule has 0 amide bonds. The van der Waals surface area contributed by atoms with Gasteiger partial charge < -0.3 is 5.11 Å². The Morgan fingerprint density at radius 3 is 2.94 bits per heavy atom. The minimum Gasteiger partial charge on any atom is -0.481 e. The van der Waals surface area contributed by atoms with Crippen molar-refractivity contribution in [3.05, 3.63) is 24.1 Å². The molecule has 94 valence electrons. The molecule has 2 heterocycles. The lowest BCUT2D eigenvalue weighted by molar-refractivity contribution is -0.137. The molecule has 8 heteroatoms. The SMILES string of the molecule is CC(CC(=O)O)n1nnnc1-c1ccc(F)cn1. The number of aromatic nitrogens is 5. The number of pyridine rings is 1. The fraction of sp³-hybridized carbons (Fsp3) is 0.300. The Bertz CT molecular complexity index is 554. The molecule has 2 aromatic heterocycles. The highest BCUT2D eigenvalue weighted by atomic mass is 19.1. The summed E-state index contributed by atoms with van der Waals surface area (Å²) in [5.74, 6) is -1.10. The summed E-state index contributed by atoms with van der Waals surface area (Å²) in [4.78, 5) is 14.5. The van der Waals surface area contributed by atoms with Gasteiger partial charge in [-0.15, -0.1) is 5.10 Å². The van der Waals surface area contributed by atoms with Crippen LogP contribution in [0.25, 0.3) is 11.5 Å². The van der Waals surface area contributed by atoms with E-state index < -0.39 is 17.8 Å². The average molecular weight is 251 g/mol. The second-order valence-electron chi connectivity index (χ2n) is 3.76. The summed E-state index contributed by atoms with van der Waals surface area (Å²) in [5.41, 5.74) is 0.388. The molecule has 0 aliphatic rings. The van der Waals surface area contributed by atoms with Crippen LogP contribution in [0.4, 0.5) is 4.39 Å². The number of carboxylic acids is 1. The van der Waals surface area contributed by atoms with E-state index in [-0.39, 0.29) is 6.42 Å². The smallest absolute Gasteiger partial charge is 0.305 e. The highest BCUT2D eigenvalue weighted by Gasteiger charge is 2.17. The number of aliphatic carboxylic acids is 1. The Kier molecular flexibility index (Phi) is 3.26. The molecule has 2 aromatic rings. The van der Waals surface area contributed by atoms with Crippen LogP contribution in [-0.4, -0.2) is 36.3 Å². The van der Waals surface area contributed by atoms with Gasteiger partial charge in [-0.25, -0.2) is 14.1 Å². The van der Waals surface area contributed by atoms with E-state index in [4.69, 9.17) is 5.11 Å². The minimum absolute atomic E-state index is 0.112. The maximum absolute atomic E-state index is 12.8. The second-order valence-corrected chi connectivity index (χ2v) is 3.76. The van der Waals surface area contributed by atoms with Crippen LogP contribution in [0, 0.1) is 5.82 Å². The molecule has 0 bridgehead atoms. The lowest BCUT2D eigenvalue weighted by atomic mass is 10.2. The lowest BCUT2D eigenvalue weighted by Gasteiger charge is -2.10. The van der Waals surface area contributed by atoms with Gasteiger partial charge in [-0.05, 0) is 29.5 Å². The number of carbonyl (C=O) groups is 1. The van der Waals surface area contributed by atoms with Crippen LogP contribution >= 0.6 is 0 Å². The molecule has 0 radical (unpaired) electrons. The second kappa shape index (κ2) is 4.86. The van der Waals surface area contributed by atoms with Crippen LogP contribution in [0.2, 0.25) is 0 Å². The van der Waals surface area contributed by atoms with Crippen molar-refractivity contribution in [1.29, 1.82) is 0 Å². The van der Waals surface area contributed by atoms with E-state index in [1.54, 1.807) is 6.92 Å². The Balaban J connectivity index is 2.32. The monoisotopic (exact) mass is 251 g/mol. The Hall–Kier alpha value is -2.38. The van der Waals surface area contributed by atoms with Gasteiger partial charge in [-0.3, -0.25) is 4.79 Å². The number of hydrogen-bond donors (Lipinski definition) is 1. The molecular weight excluding hydrogens is 241 g/mol. The number of hydrogen-bond acceptors (Lipinski definition) is 5. The van der Waals surface area contributed by atoms with Crippen molar-refractivity contribution < 1.29 is 14.3 Å². The molecule has 7 nitrogen and oxygen atoms in total. The van der Waals surface area contributed by atoms with Crippen LogP contribution in [0.3, 0.4) is 0 Å². The predicted molar refractivity (Wildman–Crippen MR) is 58.0 cm³/mol. The lowest BCUT2D eigenvalue weighted by Crippen LogP contribution is -2.13. The van der Waals surface area contributed by atoms with Gasteiger partial charge in [-0.2, -0.15) is 0 Å². The summed E-state index contributed by atoms with van der Waals surface area (Å²) in [6.07, 6.45) is 0.940. The zero-order valence-electron chi connectivity index (χ0n) is 9.49. The summed E-state index contributed by atoms with van der Waals surface area (Å²) < 4.78 is 14.1. The van der Waals surface area contributed by atoms with Crippen LogP contribution in [0.5, 0.6) is 0 Å². The third-order valence-electron chi connectivity index (χ3n) is 2.34. The number of halogens is 1. The first-order valence-corrected chi connectivity index (χ1v) is 5.19. The summed E-state index contributed by atoms with van der Waals surface area (Å²) in [7, 11) is 0. The van der Waals surface area contributed by atoms with Gasteiger partial charge in [-0.1, -0.05) is 0 Å². The molecule has 2 rings (SSSR count). The van der Waals surface area contributed by atoms with E-state index >= 15 is 0 Å². The molecule has 0 aromatic carbocycles. The highest BCUT2D eigenvalue weighted by molar-refractivity contribution is 5.67. The standard InChI is InChI=1S/C10H10FN5O2/c1-6(4-9(17)18)16-10(13-14-15-16)8-3-2-7(11)5-12-8/h2-3,5-6H,4H2,1H3,(H,17,18). The van der Waals surface area contributed by atoms with Crippen molar-refractivity contribution in [1.82, 2.24) is 25.2 Å². The normalized spacial score (nSPS) is 12.3. The zero-order valence-corrected chi connectivity index (χ0v) is 9.49. The quantitative estimate of drug-likeness (QED) is 0.867. The van der Waals surface area contributed by atoms with Gasteiger partial charge >= 0.3 is 5.97 Å². The molecule has 1 unspecified atom stereocenters. The van der Waals surface area contributed by atoms with Crippen LogP contribution in [0.1, 0.15) is 19.4 Å². The molecular formula is C10H10FN5O2. The molecule has 1 N–H and O–H groups in total. The van der Waals surface area contributed by atoms with E-state index in [0.29, 0.717) is 11.5 Å². The summed E-state index contributed by atoms with van der Waals surface area (Å²) in [6.45, 7) is 1.68. The van der Waals surface area contributed by atoms with Gasteiger partial charge in [0, 0.05) is 0 Å². The molecule has 0 saturated heterocycles. The zero-order chi connectivity index (χ0) is 13.1. The highest BCUT2D eigenvalue weighted by Crippen LogP contribution is 2.18. The van der Waals surface area contributed by atoms with E-state index in [9.17, 15) is 9.18 Å². The first-order chi connectivity index (χ1) is 8.58.